The van der Waals surface area contributed by atoms with Crippen LogP contribution < -0.4 is 0 Å². The van der Waals surface area contributed by atoms with E-state index in [1.807, 2.05) is 0 Å². The number of rotatable bonds is 6. The standard InChI is InChI=1S/C20H22F6O2/c1-5-8-15(10-7-14-27-3)18(19(21,22)23,20(24,25)26)16-9-6-12-17(2,28-4)13-11-16/h5-14H,1-4H3/b8-5-,14-7+,15-10+. The van der Waals surface area contributed by atoms with Crippen LogP contribution >= 0.6 is 0 Å². The fourth-order valence-corrected chi connectivity index (χ4v) is 2.78. The van der Waals surface area contributed by atoms with Gasteiger partial charge in [-0.15, -0.1) is 0 Å². The number of ether oxygens (including phenoxy) is 2. The lowest BCUT2D eigenvalue weighted by molar-refractivity contribution is -0.308. The first kappa shape index (κ1) is 23.8. The summed E-state index contributed by atoms with van der Waals surface area (Å²) in [5.74, 6) is 0. The number of hydrogen-bond acceptors (Lipinski definition) is 2. The van der Waals surface area contributed by atoms with Crippen LogP contribution in [-0.2, 0) is 9.47 Å². The molecule has 0 radical (unpaired) electrons. The normalized spacial score (nSPS) is 22.1. The molecule has 2 nitrogen and oxygen atoms in total. The van der Waals surface area contributed by atoms with Gasteiger partial charge in [-0.25, -0.2) is 0 Å². The van der Waals surface area contributed by atoms with E-state index in [0.29, 0.717) is 0 Å². The molecule has 0 spiro atoms. The molecule has 0 aromatic heterocycles. The molecular weight excluding hydrogens is 386 g/mol. The van der Waals surface area contributed by atoms with Crippen molar-refractivity contribution in [2.24, 2.45) is 5.41 Å². The molecule has 1 unspecified atom stereocenters. The van der Waals surface area contributed by atoms with Gasteiger partial charge >= 0.3 is 12.4 Å². The molecule has 0 heterocycles. The molecule has 0 bridgehead atoms. The summed E-state index contributed by atoms with van der Waals surface area (Å²) in [6, 6.07) is 0. The molecular formula is C20H22F6O2. The lowest BCUT2D eigenvalue weighted by Gasteiger charge is -2.39. The summed E-state index contributed by atoms with van der Waals surface area (Å²) in [6.07, 6.45) is -1.45. The summed E-state index contributed by atoms with van der Waals surface area (Å²) >= 11 is 0. The summed E-state index contributed by atoms with van der Waals surface area (Å²) in [4.78, 5) is 0. The predicted molar refractivity (Wildman–Crippen MR) is 95.4 cm³/mol. The van der Waals surface area contributed by atoms with Crippen molar-refractivity contribution in [3.8, 4) is 0 Å². The number of allylic oxidation sites excluding steroid dienone is 9. The van der Waals surface area contributed by atoms with Crippen molar-refractivity contribution in [2.45, 2.75) is 31.8 Å². The van der Waals surface area contributed by atoms with E-state index in [0.717, 1.165) is 54.9 Å². The zero-order valence-corrected chi connectivity index (χ0v) is 15.9. The second kappa shape index (κ2) is 8.86. The van der Waals surface area contributed by atoms with Crippen molar-refractivity contribution >= 4 is 0 Å². The Morgan fingerprint density at radius 3 is 2.11 bits per heavy atom. The van der Waals surface area contributed by atoms with Crippen LogP contribution in [0.1, 0.15) is 13.8 Å². The maximum Gasteiger partial charge on any atom is 0.411 e. The highest BCUT2D eigenvalue weighted by Gasteiger charge is 2.73. The lowest BCUT2D eigenvalue weighted by Crippen LogP contribution is -2.52. The minimum Gasteiger partial charge on any atom is -0.504 e. The third-order valence-electron chi connectivity index (χ3n) is 4.29. The van der Waals surface area contributed by atoms with Crippen molar-refractivity contribution in [3.63, 3.8) is 0 Å². The fourth-order valence-electron chi connectivity index (χ4n) is 2.78. The summed E-state index contributed by atoms with van der Waals surface area (Å²) in [5, 5.41) is 0. The van der Waals surface area contributed by atoms with Gasteiger partial charge in [0.05, 0.1) is 13.4 Å². The first-order chi connectivity index (χ1) is 12.9. The molecule has 1 aliphatic carbocycles. The monoisotopic (exact) mass is 408 g/mol. The average molecular weight is 408 g/mol. The minimum absolute atomic E-state index is 0.739. The van der Waals surface area contributed by atoms with Crippen LogP contribution in [0, 0.1) is 5.41 Å². The van der Waals surface area contributed by atoms with E-state index in [4.69, 9.17) is 4.74 Å². The van der Waals surface area contributed by atoms with Crippen LogP contribution in [0.15, 0.2) is 72.1 Å². The van der Waals surface area contributed by atoms with Crippen LogP contribution in [0.2, 0.25) is 0 Å². The molecule has 156 valence electrons. The Hall–Kier alpha value is -2.22. The maximum absolute atomic E-state index is 14.2. The second-order valence-corrected chi connectivity index (χ2v) is 6.13. The molecule has 0 N–H and O–H groups in total. The Bertz CT molecular complexity index is 706. The molecule has 0 saturated heterocycles. The van der Waals surface area contributed by atoms with E-state index < -0.39 is 34.5 Å². The third-order valence-corrected chi connectivity index (χ3v) is 4.29. The smallest absolute Gasteiger partial charge is 0.411 e. The Balaban J connectivity index is 3.91. The first-order valence-corrected chi connectivity index (χ1v) is 8.20. The van der Waals surface area contributed by atoms with Gasteiger partial charge in [0.25, 0.3) is 0 Å². The van der Waals surface area contributed by atoms with Crippen molar-refractivity contribution in [3.05, 3.63) is 72.1 Å². The predicted octanol–water partition coefficient (Wildman–Crippen LogP) is 6.22. The highest BCUT2D eigenvalue weighted by atomic mass is 19.4. The number of methoxy groups -OCH3 is 2. The highest BCUT2D eigenvalue weighted by molar-refractivity contribution is 5.49. The van der Waals surface area contributed by atoms with Crippen LogP contribution in [0.25, 0.3) is 0 Å². The third kappa shape index (κ3) is 4.60. The van der Waals surface area contributed by atoms with E-state index in [-0.39, 0.29) is 0 Å². The van der Waals surface area contributed by atoms with Crippen molar-refractivity contribution in [1.82, 2.24) is 0 Å². The summed E-state index contributed by atoms with van der Waals surface area (Å²) in [7, 11) is 2.54. The zero-order valence-electron chi connectivity index (χ0n) is 15.9. The Morgan fingerprint density at radius 1 is 1.04 bits per heavy atom. The molecule has 1 aliphatic rings. The van der Waals surface area contributed by atoms with Crippen LogP contribution in [-0.4, -0.2) is 32.2 Å². The van der Waals surface area contributed by atoms with Crippen LogP contribution in [0.3, 0.4) is 0 Å². The minimum atomic E-state index is -5.67. The highest BCUT2D eigenvalue weighted by Crippen LogP contribution is 2.60. The Labute approximate surface area is 160 Å². The van der Waals surface area contributed by atoms with Gasteiger partial charge in [-0.3, -0.25) is 0 Å². The number of alkyl halides is 6. The first-order valence-electron chi connectivity index (χ1n) is 8.20. The number of halogens is 6. The topological polar surface area (TPSA) is 18.5 Å². The van der Waals surface area contributed by atoms with Gasteiger partial charge in [-0.1, -0.05) is 36.5 Å². The van der Waals surface area contributed by atoms with E-state index >= 15 is 0 Å². The molecule has 1 atom stereocenters. The molecule has 0 aromatic rings. The SMILES string of the molecule is C\C=C/C(=C\C=C\OC)C(C1=CC=CC(C)(OC)C=C1)(C(F)(F)F)C(F)(F)F. The molecule has 0 fully saturated rings. The van der Waals surface area contributed by atoms with Crippen molar-refractivity contribution in [2.75, 3.05) is 14.2 Å². The quantitative estimate of drug-likeness (QED) is 0.295. The molecule has 0 amide bonds. The summed E-state index contributed by atoms with van der Waals surface area (Å²) < 4.78 is 94.7. The molecule has 28 heavy (non-hydrogen) atoms. The van der Waals surface area contributed by atoms with Gasteiger partial charge in [0, 0.05) is 7.11 Å². The van der Waals surface area contributed by atoms with Crippen LogP contribution in [0.5, 0.6) is 0 Å². The fraction of sp³-hybridized carbons (Fsp3) is 0.400. The van der Waals surface area contributed by atoms with Gasteiger partial charge in [-0.05, 0) is 43.2 Å². The maximum atomic E-state index is 14.2. The van der Waals surface area contributed by atoms with E-state index in [1.165, 1.54) is 34.1 Å². The molecule has 0 aromatic carbocycles. The Morgan fingerprint density at radius 2 is 1.64 bits per heavy atom. The van der Waals surface area contributed by atoms with Crippen LogP contribution in [0.4, 0.5) is 26.3 Å². The second-order valence-electron chi connectivity index (χ2n) is 6.13. The van der Waals surface area contributed by atoms with Gasteiger partial charge in [-0.2, -0.15) is 26.3 Å². The van der Waals surface area contributed by atoms with Gasteiger partial charge in [0.1, 0.15) is 5.60 Å². The molecule has 0 saturated carbocycles. The molecule has 1 rings (SSSR count). The Kier molecular flexibility index (Phi) is 7.53. The zero-order chi connectivity index (χ0) is 21.6. The lowest BCUT2D eigenvalue weighted by atomic mass is 9.71. The molecule has 8 heteroatoms. The van der Waals surface area contributed by atoms with Gasteiger partial charge in [0.2, 0.25) is 5.41 Å². The van der Waals surface area contributed by atoms with E-state index in [1.54, 1.807) is 0 Å². The summed E-state index contributed by atoms with van der Waals surface area (Å²) in [6.45, 7) is 2.86. The summed E-state index contributed by atoms with van der Waals surface area (Å²) in [5.41, 5.74) is -7.35. The van der Waals surface area contributed by atoms with E-state index in [9.17, 15) is 26.3 Å². The van der Waals surface area contributed by atoms with Crippen molar-refractivity contribution in [1.29, 1.82) is 0 Å². The largest absolute Gasteiger partial charge is 0.504 e. The van der Waals surface area contributed by atoms with Gasteiger partial charge < -0.3 is 9.47 Å². The average Bonchev–Trinajstić information content (AvgIpc) is 2.76. The number of hydrogen-bond donors (Lipinski definition) is 0. The van der Waals surface area contributed by atoms with Crippen molar-refractivity contribution < 1.29 is 35.8 Å². The van der Waals surface area contributed by atoms with E-state index in [2.05, 4.69) is 4.74 Å². The molecule has 0 aliphatic heterocycles. The van der Waals surface area contributed by atoms with Gasteiger partial charge in [0.15, 0.2) is 0 Å².